The molecule has 1 fully saturated rings. The van der Waals surface area contributed by atoms with Crippen molar-refractivity contribution in [2.75, 3.05) is 0 Å². The van der Waals surface area contributed by atoms with Gasteiger partial charge in [0, 0.05) is 12.1 Å². The van der Waals surface area contributed by atoms with Crippen molar-refractivity contribution >= 4 is 16.6 Å². The summed E-state index contributed by atoms with van der Waals surface area (Å²) in [6.45, 7) is 0.362. The number of hydrogen-bond acceptors (Lipinski definition) is 6. The SMILES string of the molecule is O=c1c2c(-c3noc(C4CCCC4)n3)ncn2c2ccccc2n1Cc1ccccn1. The third-order valence-electron chi connectivity index (χ3n) is 6.05. The summed E-state index contributed by atoms with van der Waals surface area (Å²) < 4.78 is 9.09. The van der Waals surface area contributed by atoms with E-state index in [9.17, 15) is 4.79 Å². The van der Waals surface area contributed by atoms with Crippen molar-refractivity contribution in [1.82, 2.24) is 29.1 Å². The fourth-order valence-corrected chi connectivity index (χ4v) is 4.51. The van der Waals surface area contributed by atoms with Crippen molar-refractivity contribution in [3.05, 3.63) is 76.9 Å². The van der Waals surface area contributed by atoms with E-state index < -0.39 is 0 Å². The number of hydrogen-bond donors (Lipinski definition) is 0. The molecule has 0 amide bonds. The van der Waals surface area contributed by atoms with E-state index in [4.69, 9.17) is 4.52 Å². The number of rotatable bonds is 4. The van der Waals surface area contributed by atoms with Gasteiger partial charge < -0.3 is 4.52 Å². The lowest BCUT2D eigenvalue weighted by molar-refractivity contribution is 0.354. The molecular formula is C23H20N6O2. The van der Waals surface area contributed by atoms with Crippen molar-refractivity contribution in [3.63, 3.8) is 0 Å². The van der Waals surface area contributed by atoms with E-state index in [0.29, 0.717) is 35.4 Å². The lowest BCUT2D eigenvalue weighted by Crippen LogP contribution is -2.24. The van der Waals surface area contributed by atoms with Crippen LogP contribution >= 0.6 is 0 Å². The predicted octanol–water partition coefficient (Wildman–Crippen LogP) is 3.80. The van der Waals surface area contributed by atoms with Crippen molar-refractivity contribution in [2.24, 2.45) is 0 Å². The quantitative estimate of drug-likeness (QED) is 0.446. The van der Waals surface area contributed by atoms with Gasteiger partial charge in [0.1, 0.15) is 17.5 Å². The fraction of sp³-hybridized carbons (Fsp3) is 0.261. The Bertz CT molecular complexity index is 1440. The van der Waals surface area contributed by atoms with Crippen LogP contribution in [0.1, 0.15) is 43.2 Å². The van der Waals surface area contributed by atoms with Gasteiger partial charge in [0.05, 0.1) is 23.3 Å². The summed E-state index contributed by atoms with van der Waals surface area (Å²) in [4.78, 5) is 27.2. The van der Waals surface area contributed by atoms with Crippen LogP contribution in [0.2, 0.25) is 0 Å². The minimum atomic E-state index is -0.163. The molecule has 8 heteroatoms. The monoisotopic (exact) mass is 412 g/mol. The highest BCUT2D eigenvalue weighted by Gasteiger charge is 2.25. The van der Waals surface area contributed by atoms with Crippen molar-refractivity contribution in [2.45, 2.75) is 38.1 Å². The average Bonchev–Trinajstić information content (AvgIpc) is 3.57. The largest absolute Gasteiger partial charge is 0.339 e. The number of nitrogens with zero attached hydrogens (tertiary/aromatic N) is 6. The molecular weight excluding hydrogens is 392 g/mol. The van der Waals surface area contributed by atoms with E-state index in [2.05, 4.69) is 20.1 Å². The lowest BCUT2D eigenvalue weighted by atomic mass is 10.1. The van der Waals surface area contributed by atoms with Gasteiger partial charge in [0.15, 0.2) is 0 Å². The zero-order chi connectivity index (χ0) is 20.8. The Morgan fingerprint density at radius 3 is 2.61 bits per heavy atom. The molecule has 1 aliphatic carbocycles. The maximum Gasteiger partial charge on any atom is 0.278 e. The fourth-order valence-electron chi connectivity index (χ4n) is 4.51. The normalized spacial score (nSPS) is 14.7. The first-order chi connectivity index (χ1) is 15.3. The molecule has 5 aromatic rings. The number of pyridine rings is 1. The van der Waals surface area contributed by atoms with Crippen LogP contribution in [0.3, 0.4) is 0 Å². The molecule has 0 atom stereocenters. The summed E-state index contributed by atoms with van der Waals surface area (Å²) in [5, 5.41) is 4.17. The Kier molecular flexibility index (Phi) is 4.15. The molecule has 31 heavy (non-hydrogen) atoms. The molecule has 0 radical (unpaired) electrons. The van der Waals surface area contributed by atoms with Crippen molar-refractivity contribution in [1.29, 1.82) is 0 Å². The Balaban J connectivity index is 1.56. The van der Waals surface area contributed by atoms with Gasteiger partial charge in [-0.2, -0.15) is 4.98 Å². The first-order valence-corrected chi connectivity index (χ1v) is 10.5. The Labute approximate surface area is 177 Å². The van der Waals surface area contributed by atoms with Crippen LogP contribution in [0.15, 0.2) is 64.3 Å². The molecule has 0 N–H and O–H groups in total. The summed E-state index contributed by atoms with van der Waals surface area (Å²) in [7, 11) is 0. The van der Waals surface area contributed by atoms with Crippen LogP contribution in [-0.4, -0.2) is 29.1 Å². The Hall–Kier alpha value is -3.81. The minimum absolute atomic E-state index is 0.163. The zero-order valence-electron chi connectivity index (χ0n) is 16.8. The summed E-state index contributed by atoms with van der Waals surface area (Å²) in [6, 6.07) is 13.5. The van der Waals surface area contributed by atoms with Gasteiger partial charge >= 0.3 is 0 Å². The summed E-state index contributed by atoms with van der Waals surface area (Å²) in [5.74, 6) is 1.31. The van der Waals surface area contributed by atoms with Gasteiger partial charge in [-0.1, -0.05) is 36.2 Å². The number of benzene rings is 1. The molecule has 0 spiro atoms. The first-order valence-electron chi connectivity index (χ1n) is 10.5. The second kappa shape index (κ2) is 7.16. The van der Waals surface area contributed by atoms with Gasteiger partial charge in [-0.3, -0.25) is 18.7 Å². The van der Waals surface area contributed by atoms with Crippen LogP contribution in [-0.2, 0) is 6.54 Å². The molecule has 0 aliphatic heterocycles. The van der Waals surface area contributed by atoms with Gasteiger partial charge in [-0.05, 0) is 37.1 Å². The van der Waals surface area contributed by atoms with Crippen LogP contribution < -0.4 is 5.56 Å². The van der Waals surface area contributed by atoms with Gasteiger partial charge in [-0.15, -0.1) is 0 Å². The van der Waals surface area contributed by atoms with Gasteiger partial charge in [-0.25, -0.2) is 4.98 Å². The molecule has 1 aliphatic rings. The molecule has 154 valence electrons. The molecule has 0 saturated heterocycles. The van der Waals surface area contributed by atoms with E-state index in [1.807, 2.05) is 46.9 Å². The molecule has 0 unspecified atom stereocenters. The van der Waals surface area contributed by atoms with E-state index in [0.717, 1.165) is 29.6 Å². The highest BCUT2D eigenvalue weighted by Crippen LogP contribution is 2.34. The van der Waals surface area contributed by atoms with E-state index >= 15 is 0 Å². The number of fused-ring (bicyclic) bond motifs is 3. The van der Waals surface area contributed by atoms with E-state index in [1.165, 1.54) is 12.8 Å². The van der Waals surface area contributed by atoms with Crippen LogP contribution in [0.4, 0.5) is 0 Å². The maximum atomic E-state index is 13.7. The van der Waals surface area contributed by atoms with Crippen LogP contribution in [0.25, 0.3) is 28.1 Å². The molecule has 1 saturated carbocycles. The Morgan fingerprint density at radius 2 is 1.81 bits per heavy atom. The average molecular weight is 412 g/mol. The van der Waals surface area contributed by atoms with Gasteiger partial charge in [0.25, 0.3) is 5.56 Å². The van der Waals surface area contributed by atoms with Crippen molar-refractivity contribution in [3.8, 4) is 11.5 Å². The second-order valence-corrected chi connectivity index (χ2v) is 7.95. The van der Waals surface area contributed by atoms with Crippen LogP contribution in [0, 0.1) is 0 Å². The maximum absolute atomic E-state index is 13.7. The number of para-hydroxylation sites is 2. The number of aromatic nitrogens is 6. The van der Waals surface area contributed by atoms with E-state index in [1.54, 1.807) is 17.1 Å². The molecule has 6 rings (SSSR count). The molecule has 4 heterocycles. The highest BCUT2D eigenvalue weighted by molar-refractivity contribution is 5.83. The topological polar surface area (TPSA) is 91.1 Å². The van der Waals surface area contributed by atoms with Crippen molar-refractivity contribution < 1.29 is 4.52 Å². The smallest absolute Gasteiger partial charge is 0.278 e. The van der Waals surface area contributed by atoms with Crippen LogP contribution in [0.5, 0.6) is 0 Å². The third kappa shape index (κ3) is 2.94. The zero-order valence-corrected chi connectivity index (χ0v) is 16.8. The summed E-state index contributed by atoms with van der Waals surface area (Å²) >= 11 is 0. The molecule has 1 aromatic carbocycles. The standard InChI is InChI=1S/C23H20N6O2/c30-23-20-19(21-26-22(31-27-21)15-7-1-2-8-15)25-14-29(20)18-11-4-3-10-17(18)28(23)13-16-9-5-6-12-24-16/h3-6,9-12,14-15H,1-2,7-8,13H2. The summed E-state index contributed by atoms with van der Waals surface area (Å²) in [6.07, 6.45) is 7.88. The Morgan fingerprint density at radius 1 is 1.00 bits per heavy atom. The summed E-state index contributed by atoms with van der Waals surface area (Å²) in [5.41, 5.74) is 3.22. The lowest BCUT2D eigenvalue weighted by Gasteiger charge is -2.12. The third-order valence-corrected chi connectivity index (χ3v) is 6.05. The molecule has 0 bridgehead atoms. The minimum Gasteiger partial charge on any atom is -0.339 e. The second-order valence-electron chi connectivity index (χ2n) is 7.95. The molecule has 4 aromatic heterocycles. The van der Waals surface area contributed by atoms with E-state index in [-0.39, 0.29) is 5.56 Å². The first kappa shape index (κ1) is 18.0. The van der Waals surface area contributed by atoms with Gasteiger partial charge in [0.2, 0.25) is 11.7 Å². The molecule has 8 nitrogen and oxygen atoms in total. The number of imidazole rings is 1. The highest BCUT2D eigenvalue weighted by atomic mass is 16.5. The predicted molar refractivity (Wildman–Crippen MR) is 115 cm³/mol.